The number of fused-ring (bicyclic) bond motifs is 2. The molecule has 3 aromatic heterocycles. The molecule has 5 aromatic rings. The third kappa shape index (κ3) is 3.85. The maximum absolute atomic E-state index is 13.5. The summed E-state index contributed by atoms with van der Waals surface area (Å²) in [6, 6.07) is 14.1. The van der Waals surface area contributed by atoms with Crippen LogP contribution in [-0.2, 0) is 11.8 Å². The highest BCUT2D eigenvalue weighted by molar-refractivity contribution is 6.31. The number of nitrogens with one attached hydrogen (secondary N) is 3. The van der Waals surface area contributed by atoms with Gasteiger partial charge in [0.05, 0.1) is 16.0 Å². The first kappa shape index (κ1) is 21.9. The van der Waals surface area contributed by atoms with E-state index in [4.69, 9.17) is 25.5 Å². The van der Waals surface area contributed by atoms with Crippen molar-refractivity contribution in [3.8, 4) is 0 Å². The quantitative estimate of drug-likeness (QED) is 0.329. The van der Waals surface area contributed by atoms with Gasteiger partial charge in [-0.25, -0.2) is 4.99 Å². The van der Waals surface area contributed by atoms with Crippen LogP contribution in [0.3, 0.4) is 0 Å². The zero-order chi connectivity index (χ0) is 24.8. The Balaban J connectivity index is 1.35. The van der Waals surface area contributed by atoms with E-state index in [9.17, 15) is 4.79 Å². The van der Waals surface area contributed by atoms with Crippen LogP contribution in [0.5, 0.6) is 0 Å². The molecule has 1 atom stereocenters. The van der Waals surface area contributed by atoms with Gasteiger partial charge < -0.3 is 19.6 Å². The van der Waals surface area contributed by atoms with Crippen LogP contribution in [0.2, 0.25) is 5.02 Å². The van der Waals surface area contributed by atoms with Crippen molar-refractivity contribution in [3.05, 3.63) is 76.7 Å². The molecular formula is C24H19ClN8O3. The van der Waals surface area contributed by atoms with E-state index < -0.39 is 11.9 Å². The molecule has 0 bridgehead atoms. The fraction of sp³-hybridized carbons (Fsp3) is 0.125. The van der Waals surface area contributed by atoms with Gasteiger partial charge in [0.25, 0.3) is 5.91 Å². The Hall–Kier alpha value is -4.64. The second-order valence-corrected chi connectivity index (χ2v) is 8.58. The van der Waals surface area contributed by atoms with Crippen molar-refractivity contribution in [1.82, 2.24) is 25.2 Å². The van der Waals surface area contributed by atoms with Crippen LogP contribution in [-0.4, -0.2) is 31.8 Å². The fourth-order valence-corrected chi connectivity index (χ4v) is 4.35. The fourth-order valence-electron chi connectivity index (χ4n) is 4.07. The van der Waals surface area contributed by atoms with Gasteiger partial charge in [0.1, 0.15) is 17.3 Å². The Kier molecular flexibility index (Phi) is 5.19. The SMILES string of the molecule is CC1=C(C(=O)Nc2noc3ccccc23)C(c2nn(C)cc2Cl)N=C(Nc2nc3ccccc3o2)N1. The smallest absolute Gasteiger partial charge is 0.302 e. The highest BCUT2D eigenvalue weighted by atomic mass is 35.5. The van der Waals surface area contributed by atoms with E-state index in [-0.39, 0.29) is 6.01 Å². The van der Waals surface area contributed by atoms with Crippen LogP contribution in [0.1, 0.15) is 18.7 Å². The maximum Gasteiger partial charge on any atom is 0.302 e. The molecule has 180 valence electrons. The molecule has 0 saturated carbocycles. The number of rotatable bonds is 4. The average Bonchev–Trinajstić information content (AvgIpc) is 3.54. The Bertz CT molecular complexity index is 1660. The number of guanidine groups is 1. The van der Waals surface area contributed by atoms with Crippen LogP contribution in [0, 0.1) is 0 Å². The minimum atomic E-state index is -0.815. The van der Waals surface area contributed by atoms with Gasteiger partial charge in [0.2, 0.25) is 5.96 Å². The molecule has 0 fully saturated rings. The summed E-state index contributed by atoms with van der Waals surface area (Å²) < 4.78 is 12.6. The molecule has 6 rings (SSSR count). The molecular weight excluding hydrogens is 484 g/mol. The van der Waals surface area contributed by atoms with E-state index in [0.29, 0.717) is 55.8 Å². The predicted molar refractivity (Wildman–Crippen MR) is 135 cm³/mol. The number of carbonyl (C=O) groups is 1. The molecule has 0 radical (unpaired) electrons. The largest absolute Gasteiger partial charge is 0.423 e. The van der Waals surface area contributed by atoms with Crippen molar-refractivity contribution in [2.24, 2.45) is 12.0 Å². The number of benzene rings is 2. The van der Waals surface area contributed by atoms with Crippen molar-refractivity contribution >= 4 is 57.4 Å². The van der Waals surface area contributed by atoms with Gasteiger partial charge in [0, 0.05) is 18.9 Å². The van der Waals surface area contributed by atoms with Crippen LogP contribution in [0.25, 0.3) is 22.1 Å². The van der Waals surface area contributed by atoms with Gasteiger partial charge in [-0.15, -0.1) is 0 Å². The Labute approximate surface area is 208 Å². The third-order valence-corrected chi connectivity index (χ3v) is 5.98. The second kappa shape index (κ2) is 8.54. The van der Waals surface area contributed by atoms with Gasteiger partial charge in [-0.2, -0.15) is 10.1 Å². The number of nitrogens with zero attached hydrogens (tertiary/aromatic N) is 5. The number of carbonyl (C=O) groups excluding carboxylic acids is 1. The van der Waals surface area contributed by atoms with Crippen LogP contribution in [0.4, 0.5) is 11.8 Å². The van der Waals surface area contributed by atoms with Gasteiger partial charge in [-0.1, -0.05) is 41.0 Å². The number of anilines is 2. The standard InChI is InChI=1S/C24H19ClN8O3/c1-12-18(22(34)29-21-13-7-3-5-9-16(13)36-32-21)20(19-14(25)11-33(2)31-19)28-23(26-12)30-24-27-15-8-4-6-10-17(15)35-24/h3-11,20H,1-2H3,(H,29,32,34)(H2,26,27,28,30). The number of oxazole rings is 1. The summed E-state index contributed by atoms with van der Waals surface area (Å²) in [5, 5.41) is 18.5. The second-order valence-electron chi connectivity index (χ2n) is 8.17. The van der Waals surface area contributed by atoms with Gasteiger partial charge in [-0.3, -0.25) is 14.8 Å². The van der Waals surface area contributed by atoms with E-state index in [1.54, 1.807) is 30.9 Å². The minimum absolute atomic E-state index is 0.253. The molecule has 36 heavy (non-hydrogen) atoms. The van der Waals surface area contributed by atoms with E-state index in [2.05, 4.69) is 31.2 Å². The van der Waals surface area contributed by atoms with E-state index >= 15 is 0 Å². The van der Waals surface area contributed by atoms with E-state index in [0.717, 1.165) is 0 Å². The average molecular weight is 503 g/mol. The summed E-state index contributed by atoms with van der Waals surface area (Å²) in [6.07, 6.45) is 1.65. The first-order chi connectivity index (χ1) is 17.5. The highest BCUT2D eigenvalue weighted by Gasteiger charge is 2.33. The lowest BCUT2D eigenvalue weighted by Crippen LogP contribution is -2.37. The molecule has 11 nitrogen and oxygen atoms in total. The molecule has 1 aliphatic rings. The normalized spacial score (nSPS) is 15.8. The summed E-state index contributed by atoms with van der Waals surface area (Å²) >= 11 is 6.47. The minimum Gasteiger partial charge on any atom is -0.423 e. The number of hydrogen-bond acceptors (Lipinski definition) is 9. The number of amides is 1. The Morgan fingerprint density at radius 2 is 1.92 bits per heavy atom. The van der Waals surface area contributed by atoms with Crippen LogP contribution < -0.4 is 16.0 Å². The summed E-state index contributed by atoms with van der Waals surface area (Å²) in [7, 11) is 1.75. The lowest BCUT2D eigenvalue weighted by atomic mass is 10.00. The van der Waals surface area contributed by atoms with Gasteiger partial charge in [-0.05, 0) is 31.2 Å². The van der Waals surface area contributed by atoms with E-state index in [1.807, 2.05) is 42.5 Å². The molecule has 0 spiro atoms. The molecule has 12 heteroatoms. The van der Waals surface area contributed by atoms with Crippen molar-refractivity contribution in [1.29, 1.82) is 0 Å². The number of allylic oxidation sites excluding steroid dienone is 1. The Morgan fingerprint density at radius 1 is 1.14 bits per heavy atom. The van der Waals surface area contributed by atoms with E-state index in [1.165, 1.54) is 0 Å². The van der Waals surface area contributed by atoms with Crippen LogP contribution >= 0.6 is 11.6 Å². The number of aliphatic imine (C=N–C) groups is 1. The molecule has 1 unspecified atom stereocenters. The molecule has 1 aliphatic heterocycles. The molecule has 0 saturated heterocycles. The van der Waals surface area contributed by atoms with Crippen molar-refractivity contribution in [2.75, 3.05) is 10.6 Å². The molecule has 0 aliphatic carbocycles. The number of para-hydroxylation sites is 3. The van der Waals surface area contributed by atoms with Crippen molar-refractivity contribution in [3.63, 3.8) is 0 Å². The molecule has 2 aromatic carbocycles. The van der Waals surface area contributed by atoms with Crippen molar-refractivity contribution < 1.29 is 13.7 Å². The first-order valence-electron chi connectivity index (χ1n) is 11.0. The topological polar surface area (TPSA) is 135 Å². The highest BCUT2D eigenvalue weighted by Crippen LogP contribution is 2.35. The lowest BCUT2D eigenvalue weighted by molar-refractivity contribution is -0.113. The number of halogens is 1. The first-order valence-corrected chi connectivity index (χ1v) is 11.4. The predicted octanol–water partition coefficient (Wildman–Crippen LogP) is 4.38. The monoisotopic (exact) mass is 502 g/mol. The summed E-state index contributed by atoms with van der Waals surface area (Å²) in [6.45, 7) is 1.77. The lowest BCUT2D eigenvalue weighted by Gasteiger charge is -2.25. The number of hydrogen-bond donors (Lipinski definition) is 3. The van der Waals surface area contributed by atoms with Gasteiger partial charge in [0.15, 0.2) is 17.0 Å². The third-order valence-electron chi connectivity index (χ3n) is 5.68. The number of aromatic nitrogens is 4. The van der Waals surface area contributed by atoms with Crippen LogP contribution in [0.15, 0.2) is 79.9 Å². The zero-order valence-corrected chi connectivity index (χ0v) is 19.9. The zero-order valence-electron chi connectivity index (χ0n) is 19.1. The van der Waals surface area contributed by atoms with Gasteiger partial charge >= 0.3 is 6.01 Å². The van der Waals surface area contributed by atoms with Crippen molar-refractivity contribution in [2.45, 2.75) is 13.0 Å². The Morgan fingerprint density at radius 3 is 2.69 bits per heavy atom. The molecule has 4 heterocycles. The number of aryl methyl sites for hydroxylation is 1. The summed E-state index contributed by atoms with van der Waals surface area (Å²) in [5.74, 6) is 0.214. The molecule has 3 N–H and O–H groups in total. The summed E-state index contributed by atoms with van der Waals surface area (Å²) in [5.41, 5.74) is 3.19. The molecule has 1 amide bonds. The summed E-state index contributed by atoms with van der Waals surface area (Å²) in [4.78, 5) is 22.6. The maximum atomic E-state index is 13.5.